The second kappa shape index (κ2) is 6.23. The van der Waals surface area contributed by atoms with E-state index < -0.39 is 0 Å². The summed E-state index contributed by atoms with van der Waals surface area (Å²) in [4.78, 5) is 14.3. The molecule has 3 N–H and O–H groups in total. The van der Waals surface area contributed by atoms with Crippen molar-refractivity contribution in [3.8, 4) is 0 Å². The monoisotopic (exact) mass is 267 g/mol. The Kier molecular flexibility index (Phi) is 4.85. The molecular weight excluding hydrogens is 238 g/mol. The minimum atomic E-state index is 0.195. The van der Waals surface area contributed by atoms with Gasteiger partial charge in [-0.05, 0) is 56.5 Å². The standard InChI is InChI=1S/C15H29N3O/c1-12-3-5-13(6-4-12)17-14(19)9-18-8-7-15(2,10-16)11-18/h12-13H,3-11,16H2,1-2H3,(H,17,19). The lowest BCUT2D eigenvalue weighted by Gasteiger charge is -2.28. The van der Waals surface area contributed by atoms with Crippen molar-refractivity contribution in [1.29, 1.82) is 0 Å². The number of carbonyl (C=O) groups excluding carboxylic acids is 1. The highest BCUT2D eigenvalue weighted by atomic mass is 16.2. The lowest BCUT2D eigenvalue weighted by Crippen LogP contribution is -2.43. The summed E-state index contributed by atoms with van der Waals surface area (Å²) in [6.45, 7) is 7.73. The first-order chi connectivity index (χ1) is 9.00. The minimum absolute atomic E-state index is 0.195. The van der Waals surface area contributed by atoms with Crippen LogP contribution in [0.3, 0.4) is 0 Å². The van der Waals surface area contributed by atoms with Crippen molar-refractivity contribution in [3.63, 3.8) is 0 Å². The SMILES string of the molecule is CC1CCC(NC(=O)CN2CCC(C)(CN)C2)CC1. The summed E-state index contributed by atoms with van der Waals surface area (Å²) < 4.78 is 0. The Morgan fingerprint density at radius 3 is 2.63 bits per heavy atom. The molecule has 1 saturated carbocycles. The zero-order chi connectivity index (χ0) is 13.9. The summed E-state index contributed by atoms with van der Waals surface area (Å²) in [6.07, 6.45) is 5.90. The van der Waals surface area contributed by atoms with Gasteiger partial charge in [0.25, 0.3) is 0 Å². The van der Waals surface area contributed by atoms with Gasteiger partial charge in [0.1, 0.15) is 0 Å². The van der Waals surface area contributed by atoms with E-state index in [-0.39, 0.29) is 11.3 Å². The van der Waals surface area contributed by atoms with E-state index in [1.54, 1.807) is 0 Å². The highest BCUT2D eigenvalue weighted by molar-refractivity contribution is 5.78. The Morgan fingerprint density at radius 2 is 2.05 bits per heavy atom. The highest BCUT2D eigenvalue weighted by Gasteiger charge is 2.33. The van der Waals surface area contributed by atoms with Crippen LogP contribution in [0.15, 0.2) is 0 Å². The van der Waals surface area contributed by atoms with Crippen molar-refractivity contribution in [1.82, 2.24) is 10.2 Å². The van der Waals surface area contributed by atoms with Gasteiger partial charge < -0.3 is 11.1 Å². The predicted molar refractivity (Wildman–Crippen MR) is 77.8 cm³/mol. The second-order valence-electron chi connectivity index (χ2n) is 7.00. The number of nitrogens with two attached hydrogens (primary N) is 1. The van der Waals surface area contributed by atoms with Crippen LogP contribution in [-0.4, -0.2) is 43.0 Å². The van der Waals surface area contributed by atoms with Crippen LogP contribution in [0.25, 0.3) is 0 Å². The zero-order valence-electron chi connectivity index (χ0n) is 12.5. The fraction of sp³-hybridized carbons (Fsp3) is 0.933. The van der Waals surface area contributed by atoms with Gasteiger partial charge in [-0.2, -0.15) is 0 Å². The molecule has 1 atom stereocenters. The molecule has 1 saturated heterocycles. The van der Waals surface area contributed by atoms with Gasteiger partial charge in [0.15, 0.2) is 0 Å². The number of nitrogens with one attached hydrogen (secondary N) is 1. The number of carbonyl (C=O) groups is 1. The molecule has 1 unspecified atom stereocenters. The molecule has 19 heavy (non-hydrogen) atoms. The van der Waals surface area contributed by atoms with Gasteiger partial charge in [0.05, 0.1) is 6.54 Å². The largest absolute Gasteiger partial charge is 0.352 e. The summed E-state index contributed by atoms with van der Waals surface area (Å²) >= 11 is 0. The Bertz CT molecular complexity index is 313. The van der Waals surface area contributed by atoms with Crippen molar-refractivity contribution in [2.75, 3.05) is 26.2 Å². The Labute approximate surface area is 117 Å². The van der Waals surface area contributed by atoms with Crippen LogP contribution in [0, 0.1) is 11.3 Å². The molecule has 0 bridgehead atoms. The lowest BCUT2D eigenvalue weighted by molar-refractivity contribution is -0.123. The van der Waals surface area contributed by atoms with E-state index in [0.29, 0.717) is 19.1 Å². The second-order valence-corrected chi connectivity index (χ2v) is 7.00. The molecule has 4 nitrogen and oxygen atoms in total. The normalized spacial score (nSPS) is 36.4. The molecule has 0 spiro atoms. The van der Waals surface area contributed by atoms with E-state index in [9.17, 15) is 4.79 Å². The van der Waals surface area contributed by atoms with Gasteiger partial charge in [-0.15, -0.1) is 0 Å². The van der Waals surface area contributed by atoms with Gasteiger partial charge >= 0.3 is 0 Å². The third kappa shape index (κ3) is 4.18. The first-order valence-corrected chi connectivity index (χ1v) is 7.72. The third-order valence-corrected chi connectivity index (χ3v) is 4.88. The molecule has 110 valence electrons. The van der Waals surface area contributed by atoms with Crippen LogP contribution in [0.1, 0.15) is 46.0 Å². The first-order valence-electron chi connectivity index (χ1n) is 7.72. The number of hydrogen-bond acceptors (Lipinski definition) is 3. The molecule has 0 aromatic rings. The number of amides is 1. The molecule has 1 heterocycles. The van der Waals surface area contributed by atoms with Crippen LogP contribution in [0.5, 0.6) is 0 Å². The van der Waals surface area contributed by atoms with Crippen LogP contribution in [0.4, 0.5) is 0 Å². The Morgan fingerprint density at radius 1 is 1.37 bits per heavy atom. The fourth-order valence-corrected chi connectivity index (χ4v) is 3.31. The van der Waals surface area contributed by atoms with Gasteiger partial charge in [-0.25, -0.2) is 0 Å². The fourth-order valence-electron chi connectivity index (χ4n) is 3.31. The van der Waals surface area contributed by atoms with Gasteiger partial charge in [-0.3, -0.25) is 9.69 Å². The zero-order valence-corrected chi connectivity index (χ0v) is 12.5. The van der Waals surface area contributed by atoms with E-state index in [4.69, 9.17) is 5.73 Å². The maximum Gasteiger partial charge on any atom is 0.234 e. The van der Waals surface area contributed by atoms with Crippen LogP contribution >= 0.6 is 0 Å². The van der Waals surface area contributed by atoms with E-state index in [1.165, 1.54) is 12.8 Å². The predicted octanol–water partition coefficient (Wildman–Crippen LogP) is 1.35. The third-order valence-electron chi connectivity index (χ3n) is 4.88. The summed E-state index contributed by atoms with van der Waals surface area (Å²) in [5, 5.41) is 3.20. The topological polar surface area (TPSA) is 58.4 Å². The van der Waals surface area contributed by atoms with Gasteiger partial charge in [0.2, 0.25) is 5.91 Å². The number of nitrogens with zero attached hydrogens (tertiary/aromatic N) is 1. The molecule has 4 heteroatoms. The Hall–Kier alpha value is -0.610. The molecule has 0 aromatic heterocycles. The Balaban J connectivity index is 1.70. The first kappa shape index (κ1) is 14.8. The lowest BCUT2D eigenvalue weighted by atomic mass is 9.87. The summed E-state index contributed by atoms with van der Waals surface area (Å²) in [6, 6.07) is 0.409. The van der Waals surface area contributed by atoms with Crippen molar-refractivity contribution in [3.05, 3.63) is 0 Å². The molecular formula is C15H29N3O. The van der Waals surface area contributed by atoms with E-state index in [2.05, 4.69) is 24.1 Å². The van der Waals surface area contributed by atoms with Crippen molar-refractivity contribution < 1.29 is 4.79 Å². The molecule has 1 amide bonds. The van der Waals surface area contributed by atoms with Crippen molar-refractivity contribution >= 4 is 5.91 Å². The summed E-state index contributed by atoms with van der Waals surface area (Å²) in [5.74, 6) is 1.03. The van der Waals surface area contributed by atoms with Crippen molar-refractivity contribution in [2.24, 2.45) is 17.1 Å². The average Bonchev–Trinajstić information content (AvgIpc) is 2.74. The maximum atomic E-state index is 12.1. The molecule has 2 aliphatic rings. The van der Waals surface area contributed by atoms with Crippen LogP contribution in [-0.2, 0) is 4.79 Å². The quantitative estimate of drug-likeness (QED) is 0.808. The highest BCUT2D eigenvalue weighted by Crippen LogP contribution is 2.28. The molecule has 2 fully saturated rings. The van der Waals surface area contributed by atoms with E-state index in [0.717, 1.165) is 38.3 Å². The van der Waals surface area contributed by atoms with Crippen LogP contribution < -0.4 is 11.1 Å². The summed E-state index contributed by atoms with van der Waals surface area (Å²) in [5.41, 5.74) is 6.01. The maximum absolute atomic E-state index is 12.1. The van der Waals surface area contributed by atoms with Crippen molar-refractivity contribution in [2.45, 2.75) is 52.0 Å². The average molecular weight is 267 g/mol. The number of rotatable bonds is 4. The molecule has 1 aliphatic carbocycles. The molecule has 0 aromatic carbocycles. The number of hydrogen-bond donors (Lipinski definition) is 2. The molecule has 0 radical (unpaired) electrons. The molecule has 1 aliphatic heterocycles. The summed E-state index contributed by atoms with van der Waals surface area (Å²) in [7, 11) is 0. The molecule has 2 rings (SSSR count). The number of likely N-dealkylation sites (tertiary alicyclic amines) is 1. The van der Waals surface area contributed by atoms with Gasteiger partial charge in [-0.1, -0.05) is 13.8 Å². The minimum Gasteiger partial charge on any atom is -0.352 e. The van der Waals surface area contributed by atoms with E-state index in [1.807, 2.05) is 0 Å². The smallest absolute Gasteiger partial charge is 0.234 e. The van der Waals surface area contributed by atoms with Gasteiger partial charge in [0, 0.05) is 12.6 Å². The van der Waals surface area contributed by atoms with Crippen LogP contribution in [0.2, 0.25) is 0 Å². The van der Waals surface area contributed by atoms with E-state index >= 15 is 0 Å².